The highest BCUT2D eigenvalue weighted by Crippen LogP contribution is 2.23. The third kappa shape index (κ3) is 4.53. The van der Waals surface area contributed by atoms with E-state index >= 15 is 0 Å². The van der Waals surface area contributed by atoms with E-state index in [1.807, 2.05) is 19.2 Å². The fourth-order valence-electron chi connectivity index (χ4n) is 2.12. The van der Waals surface area contributed by atoms with Gasteiger partial charge in [0.05, 0.1) is 39.8 Å². The summed E-state index contributed by atoms with van der Waals surface area (Å²) in [5.41, 5.74) is 0.924. The minimum absolute atomic E-state index is 0. The summed E-state index contributed by atoms with van der Waals surface area (Å²) in [6.45, 7) is 1.88. The van der Waals surface area contributed by atoms with Crippen LogP contribution in [-0.2, 0) is 0 Å². The van der Waals surface area contributed by atoms with Gasteiger partial charge >= 0.3 is 0 Å². The maximum atomic E-state index is 6.04. The number of fused-ring (bicyclic) bond motifs is 1. The summed E-state index contributed by atoms with van der Waals surface area (Å²) in [4.78, 5) is 7.22. The number of aromatic nitrogens is 1. The molecule has 20 heavy (non-hydrogen) atoms. The molecule has 2 heterocycles. The second-order valence-electron chi connectivity index (χ2n) is 6.08. The van der Waals surface area contributed by atoms with Gasteiger partial charge in [-0.3, -0.25) is 0 Å². The lowest BCUT2D eigenvalue weighted by atomic mass is 10.2. The Morgan fingerprint density at radius 2 is 2.15 bits per heavy atom. The van der Waals surface area contributed by atoms with Gasteiger partial charge in [-0.2, -0.15) is 0 Å². The molecule has 1 aromatic rings. The fourth-order valence-corrected chi connectivity index (χ4v) is 2.35. The van der Waals surface area contributed by atoms with Gasteiger partial charge in [-0.05, 0) is 12.1 Å². The van der Waals surface area contributed by atoms with Crippen molar-refractivity contribution in [1.29, 1.82) is 0 Å². The number of thiocarbonyl (C=S) groups is 1. The van der Waals surface area contributed by atoms with Crippen molar-refractivity contribution >= 4 is 17.2 Å². The number of halogens is 1. The Labute approximate surface area is 143 Å². The van der Waals surface area contributed by atoms with Gasteiger partial charge in [-0.1, -0.05) is 12.2 Å². The molecule has 0 amide bonds. The third-order valence-corrected chi connectivity index (χ3v) is 3.76. The molecule has 0 spiro atoms. The molecular formula is C14H22IN3OS. The summed E-state index contributed by atoms with van der Waals surface area (Å²) >= 11 is 5.48. The monoisotopic (exact) mass is 407 g/mol. The SMILES string of the molecule is CN1CC(CC[N+](C)(C)C)Oc2ncccc2C1=S.[I-]. The molecule has 1 aliphatic heterocycles. The summed E-state index contributed by atoms with van der Waals surface area (Å²) < 4.78 is 6.98. The Kier molecular flexibility index (Phi) is 6.15. The smallest absolute Gasteiger partial charge is 0.224 e. The summed E-state index contributed by atoms with van der Waals surface area (Å²) in [5, 5.41) is 0. The van der Waals surface area contributed by atoms with Crippen LogP contribution in [0, 0.1) is 0 Å². The van der Waals surface area contributed by atoms with Gasteiger partial charge < -0.3 is 38.1 Å². The molecule has 6 heteroatoms. The molecule has 0 saturated heterocycles. The molecule has 0 radical (unpaired) electrons. The van der Waals surface area contributed by atoms with Crippen LogP contribution < -0.4 is 28.7 Å². The van der Waals surface area contributed by atoms with Gasteiger partial charge in [0.1, 0.15) is 11.1 Å². The van der Waals surface area contributed by atoms with Crippen LogP contribution >= 0.6 is 12.2 Å². The molecule has 1 aromatic heterocycles. The lowest BCUT2D eigenvalue weighted by molar-refractivity contribution is -0.870. The average molecular weight is 407 g/mol. The molecule has 0 aliphatic carbocycles. The molecule has 2 rings (SSSR count). The van der Waals surface area contributed by atoms with Crippen molar-refractivity contribution in [2.24, 2.45) is 0 Å². The molecule has 0 aromatic carbocycles. The van der Waals surface area contributed by atoms with E-state index < -0.39 is 0 Å². The number of pyridine rings is 1. The van der Waals surface area contributed by atoms with Crippen molar-refractivity contribution in [2.45, 2.75) is 12.5 Å². The number of likely N-dealkylation sites (N-methyl/N-ethyl adjacent to an activating group) is 1. The fraction of sp³-hybridized carbons (Fsp3) is 0.571. The van der Waals surface area contributed by atoms with Crippen LogP contribution in [0.3, 0.4) is 0 Å². The first-order valence-corrected chi connectivity index (χ1v) is 6.95. The van der Waals surface area contributed by atoms with E-state index in [1.165, 1.54) is 0 Å². The first kappa shape index (κ1) is 17.6. The van der Waals surface area contributed by atoms with Crippen LogP contribution in [0.2, 0.25) is 0 Å². The Morgan fingerprint density at radius 1 is 1.45 bits per heavy atom. The molecule has 1 atom stereocenters. The Hall–Kier alpha value is -0.470. The van der Waals surface area contributed by atoms with E-state index in [0.29, 0.717) is 5.88 Å². The van der Waals surface area contributed by atoms with E-state index in [2.05, 4.69) is 31.0 Å². The van der Waals surface area contributed by atoms with Crippen LogP contribution in [0.25, 0.3) is 0 Å². The highest BCUT2D eigenvalue weighted by atomic mass is 127. The van der Waals surface area contributed by atoms with Crippen LogP contribution in [0.4, 0.5) is 0 Å². The van der Waals surface area contributed by atoms with Crippen LogP contribution in [-0.4, -0.2) is 66.7 Å². The minimum Gasteiger partial charge on any atom is -1.00 e. The lowest BCUT2D eigenvalue weighted by Gasteiger charge is -2.27. The Bertz CT molecular complexity index is 476. The lowest BCUT2D eigenvalue weighted by Crippen LogP contribution is -3.00. The molecule has 0 fully saturated rings. The Morgan fingerprint density at radius 3 is 2.80 bits per heavy atom. The molecule has 1 aliphatic rings. The second kappa shape index (κ2) is 7.00. The zero-order valence-electron chi connectivity index (χ0n) is 12.5. The van der Waals surface area contributed by atoms with Crippen LogP contribution in [0.5, 0.6) is 5.88 Å². The normalized spacial score (nSPS) is 18.7. The summed E-state index contributed by atoms with van der Waals surface area (Å²) in [5.74, 6) is 0.670. The number of nitrogens with zero attached hydrogens (tertiary/aromatic N) is 3. The summed E-state index contributed by atoms with van der Waals surface area (Å²) in [7, 11) is 8.60. The summed E-state index contributed by atoms with van der Waals surface area (Å²) in [6.07, 6.45) is 2.88. The van der Waals surface area contributed by atoms with Gasteiger partial charge in [-0.25, -0.2) is 4.98 Å². The second-order valence-corrected chi connectivity index (χ2v) is 6.47. The van der Waals surface area contributed by atoms with Gasteiger partial charge in [-0.15, -0.1) is 0 Å². The van der Waals surface area contributed by atoms with E-state index in [9.17, 15) is 0 Å². The molecule has 1 unspecified atom stereocenters. The minimum atomic E-state index is 0. The molecule has 4 nitrogen and oxygen atoms in total. The van der Waals surface area contributed by atoms with Gasteiger partial charge in [0.25, 0.3) is 0 Å². The molecule has 0 saturated carbocycles. The third-order valence-electron chi connectivity index (χ3n) is 3.23. The molecule has 0 bridgehead atoms. The van der Waals surface area contributed by atoms with E-state index in [-0.39, 0.29) is 30.1 Å². The van der Waals surface area contributed by atoms with Crippen molar-refractivity contribution in [1.82, 2.24) is 9.88 Å². The van der Waals surface area contributed by atoms with Crippen molar-refractivity contribution in [3.63, 3.8) is 0 Å². The van der Waals surface area contributed by atoms with Crippen molar-refractivity contribution in [3.05, 3.63) is 23.9 Å². The standard InChI is InChI=1S/C14H22N3OS.HI/c1-16-10-11(7-9-17(2,3)4)18-13-12(14(16)19)6-5-8-15-13;/h5-6,8,11H,7,9-10H2,1-4H3;1H/q+1;/p-1. The zero-order valence-corrected chi connectivity index (χ0v) is 15.4. The maximum absolute atomic E-state index is 6.04. The molecule has 112 valence electrons. The first-order valence-electron chi connectivity index (χ1n) is 6.54. The maximum Gasteiger partial charge on any atom is 0.224 e. The average Bonchev–Trinajstić information content (AvgIpc) is 2.45. The predicted molar refractivity (Wildman–Crippen MR) is 80.5 cm³/mol. The van der Waals surface area contributed by atoms with Crippen LogP contribution in [0.15, 0.2) is 18.3 Å². The van der Waals surface area contributed by atoms with Crippen LogP contribution in [0.1, 0.15) is 12.0 Å². The first-order chi connectivity index (χ1) is 8.87. The number of quaternary nitrogens is 1. The molecular weight excluding hydrogens is 385 g/mol. The number of ether oxygens (including phenoxy) is 1. The predicted octanol–water partition coefficient (Wildman–Crippen LogP) is -1.45. The number of rotatable bonds is 3. The largest absolute Gasteiger partial charge is 1.00 e. The number of hydrogen-bond acceptors (Lipinski definition) is 3. The van der Waals surface area contributed by atoms with E-state index in [0.717, 1.165) is 34.5 Å². The number of hydrogen-bond donors (Lipinski definition) is 0. The molecule has 0 N–H and O–H groups in total. The zero-order chi connectivity index (χ0) is 14.0. The summed E-state index contributed by atoms with van der Waals surface area (Å²) in [6, 6.07) is 3.87. The van der Waals surface area contributed by atoms with Crippen molar-refractivity contribution < 1.29 is 33.2 Å². The highest BCUT2D eigenvalue weighted by Gasteiger charge is 2.26. The topological polar surface area (TPSA) is 25.4 Å². The van der Waals surface area contributed by atoms with Gasteiger partial charge in [0.2, 0.25) is 5.88 Å². The van der Waals surface area contributed by atoms with Gasteiger partial charge in [0.15, 0.2) is 0 Å². The van der Waals surface area contributed by atoms with E-state index in [1.54, 1.807) is 6.20 Å². The Balaban J connectivity index is 0.00000200. The van der Waals surface area contributed by atoms with Gasteiger partial charge in [0, 0.05) is 19.7 Å². The quantitative estimate of drug-likeness (QED) is 0.348. The highest BCUT2D eigenvalue weighted by molar-refractivity contribution is 7.80. The van der Waals surface area contributed by atoms with E-state index in [4.69, 9.17) is 17.0 Å². The van der Waals surface area contributed by atoms with Crippen molar-refractivity contribution in [2.75, 3.05) is 41.3 Å². The van der Waals surface area contributed by atoms with Crippen molar-refractivity contribution in [3.8, 4) is 5.88 Å².